The Hall–Kier alpha value is -3.50. The van der Waals surface area contributed by atoms with E-state index in [0.717, 1.165) is 17.6 Å². The number of carbonyl (C=O) groups is 4. The molecule has 0 aromatic rings. The highest BCUT2D eigenvalue weighted by Crippen LogP contribution is 2.40. The van der Waals surface area contributed by atoms with Crippen molar-refractivity contribution in [3.05, 3.63) is 58.7 Å². The van der Waals surface area contributed by atoms with Crippen LogP contribution < -0.4 is 0 Å². The third-order valence-corrected chi connectivity index (χ3v) is 7.39. The summed E-state index contributed by atoms with van der Waals surface area (Å²) in [5.41, 5.74) is 5.07. The summed E-state index contributed by atoms with van der Waals surface area (Å²) in [4.78, 5) is 47.3. The fraction of sp³-hybridized carbons (Fsp3) is 0.588. The van der Waals surface area contributed by atoms with E-state index < -0.39 is 54.6 Å². The molecule has 1 aliphatic heterocycles. The molecule has 10 nitrogen and oxygen atoms in total. The Morgan fingerprint density at radius 3 is 2.05 bits per heavy atom. The van der Waals surface area contributed by atoms with Gasteiger partial charge in [0, 0.05) is 27.7 Å². The minimum Gasteiger partial charge on any atom is -0.463 e. The van der Waals surface area contributed by atoms with Crippen molar-refractivity contribution < 1.29 is 47.6 Å². The van der Waals surface area contributed by atoms with Crippen LogP contribution in [0.25, 0.3) is 0 Å². The van der Waals surface area contributed by atoms with Gasteiger partial charge in [0.1, 0.15) is 12.7 Å². The molecule has 1 saturated heterocycles. The van der Waals surface area contributed by atoms with Gasteiger partial charge >= 0.3 is 23.9 Å². The molecule has 1 aliphatic carbocycles. The van der Waals surface area contributed by atoms with Crippen LogP contribution in [0.2, 0.25) is 0 Å². The van der Waals surface area contributed by atoms with Crippen LogP contribution in [0.5, 0.6) is 0 Å². The maximum Gasteiger partial charge on any atom is 0.303 e. The molecule has 244 valence electrons. The van der Waals surface area contributed by atoms with Crippen molar-refractivity contribution in [3.63, 3.8) is 0 Å². The minimum atomic E-state index is -1.27. The SMILES string of the molecule is CC(=O)OC[C@H]1O[C@@H](OC/C=C(C)/C=C/C=C(C)/C=C/C2=C(C)CCCC2(C)C)[C@H](OC(C)=O)[C@@H](OC(C)=O)[C@@H]1OC(C)=O. The largest absolute Gasteiger partial charge is 0.463 e. The Kier molecular flexibility index (Phi) is 14.3. The number of ether oxygens (including phenoxy) is 6. The van der Waals surface area contributed by atoms with Gasteiger partial charge in [0.2, 0.25) is 0 Å². The van der Waals surface area contributed by atoms with Gasteiger partial charge in [-0.15, -0.1) is 0 Å². The number of carbonyl (C=O) groups excluding carboxylic acids is 4. The maximum absolute atomic E-state index is 12.0. The molecule has 2 aliphatic rings. The monoisotopic (exact) mass is 616 g/mol. The van der Waals surface area contributed by atoms with E-state index in [-0.39, 0.29) is 18.6 Å². The lowest BCUT2D eigenvalue weighted by molar-refractivity contribution is -0.306. The Morgan fingerprint density at radius 2 is 1.45 bits per heavy atom. The smallest absolute Gasteiger partial charge is 0.303 e. The molecule has 0 radical (unpaired) electrons. The van der Waals surface area contributed by atoms with Crippen LogP contribution >= 0.6 is 0 Å². The molecule has 0 spiro atoms. The summed E-state index contributed by atoms with van der Waals surface area (Å²) in [5, 5.41) is 0. The Balaban J connectivity index is 2.17. The van der Waals surface area contributed by atoms with E-state index in [1.165, 1.54) is 51.7 Å². The highest BCUT2D eigenvalue weighted by Gasteiger charge is 2.52. The number of esters is 4. The second-order valence-corrected chi connectivity index (χ2v) is 11.9. The van der Waals surface area contributed by atoms with Gasteiger partial charge in [-0.25, -0.2) is 0 Å². The summed E-state index contributed by atoms with van der Waals surface area (Å²) < 4.78 is 33.2. The summed E-state index contributed by atoms with van der Waals surface area (Å²) in [6.45, 7) is 15.2. The van der Waals surface area contributed by atoms with E-state index in [1.54, 1.807) is 0 Å². The molecular weight excluding hydrogens is 568 g/mol. The summed E-state index contributed by atoms with van der Waals surface area (Å²) in [6.07, 6.45) is 9.62. The quantitative estimate of drug-likeness (QED) is 0.155. The van der Waals surface area contributed by atoms with Gasteiger partial charge in [0.05, 0.1) is 6.61 Å². The molecule has 1 fully saturated rings. The molecule has 0 aromatic carbocycles. The average molecular weight is 617 g/mol. The zero-order valence-corrected chi connectivity index (χ0v) is 27.5. The first-order valence-electron chi connectivity index (χ1n) is 14.9. The molecule has 5 atom stereocenters. The fourth-order valence-corrected chi connectivity index (χ4v) is 5.30. The topological polar surface area (TPSA) is 124 Å². The summed E-state index contributed by atoms with van der Waals surface area (Å²) in [5.74, 6) is -2.67. The molecular formula is C34H48O10. The molecule has 0 aromatic heterocycles. The van der Waals surface area contributed by atoms with E-state index >= 15 is 0 Å². The van der Waals surface area contributed by atoms with E-state index in [4.69, 9.17) is 28.4 Å². The summed E-state index contributed by atoms with van der Waals surface area (Å²) in [6, 6.07) is 0. The van der Waals surface area contributed by atoms with Crippen molar-refractivity contribution in [3.8, 4) is 0 Å². The van der Waals surface area contributed by atoms with Crippen LogP contribution in [0.1, 0.15) is 81.6 Å². The molecule has 0 N–H and O–H groups in total. The number of rotatable bonds is 12. The molecule has 44 heavy (non-hydrogen) atoms. The van der Waals surface area contributed by atoms with Gasteiger partial charge in [-0.1, -0.05) is 67.0 Å². The second-order valence-electron chi connectivity index (χ2n) is 11.9. The van der Waals surface area contributed by atoms with Gasteiger partial charge in [-0.3, -0.25) is 19.2 Å². The highest BCUT2D eigenvalue weighted by atomic mass is 16.7. The van der Waals surface area contributed by atoms with Gasteiger partial charge in [0.25, 0.3) is 0 Å². The predicted molar refractivity (Wildman–Crippen MR) is 164 cm³/mol. The van der Waals surface area contributed by atoms with Gasteiger partial charge < -0.3 is 28.4 Å². The van der Waals surface area contributed by atoms with Gasteiger partial charge in [-0.2, -0.15) is 0 Å². The summed E-state index contributed by atoms with van der Waals surface area (Å²) in [7, 11) is 0. The van der Waals surface area contributed by atoms with Crippen molar-refractivity contribution in [2.45, 2.75) is 112 Å². The maximum atomic E-state index is 12.0. The summed E-state index contributed by atoms with van der Waals surface area (Å²) >= 11 is 0. The first-order valence-corrected chi connectivity index (χ1v) is 14.9. The number of hydrogen-bond acceptors (Lipinski definition) is 10. The average Bonchev–Trinajstić information content (AvgIpc) is 2.89. The molecule has 2 rings (SSSR count). The van der Waals surface area contributed by atoms with Crippen LogP contribution in [0.4, 0.5) is 0 Å². The lowest BCUT2D eigenvalue weighted by atomic mass is 9.72. The zero-order chi connectivity index (χ0) is 33.0. The normalized spacial score (nSPS) is 26.1. The van der Waals surface area contributed by atoms with E-state index in [9.17, 15) is 19.2 Å². The second kappa shape index (κ2) is 17.1. The van der Waals surface area contributed by atoms with Crippen molar-refractivity contribution in [2.24, 2.45) is 5.41 Å². The fourth-order valence-electron chi connectivity index (χ4n) is 5.30. The van der Waals surface area contributed by atoms with Crippen molar-refractivity contribution in [1.82, 2.24) is 0 Å². The molecule has 0 amide bonds. The Morgan fingerprint density at radius 1 is 0.841 bits per heavy atom. The van der Waals surface area contributed by atoms with Crippen molar-refractivity contribution >= 4 is 23.9 Å². The lowest BCUT2D eigenvalue weighted by Crippen LogP contribution is -2.62. The Bertz CT molecular complexity index is 1200. The van der Waals surface area contributed by atoms with Crippen LogP contribution in [-0.4, -0.2) is 67.8 Å². The first-order chi connectivity index (χ1) is 20.6. The van der Waals surface area contributed by atoms with Crippen molar-refractivity contribution in [2.75, 3.05) is 13.2 Å². The molecule has 1 heterocycles. The van der Waals surface area contributed by atoms with Crippen LogP contribution in [-0.2, 0) is 47.6 Å². The van der Waals surface area contributed by atoms with Gasteiger partial charge in [-0.05, 0) is 51.0 Å². The molecule has 10 heteroatoms. The number of hydrogen-bond donors (Lipinski definition) is 0. The predicted octanol–water partition coefficient (Wildman–Crippen LogP) is 5.62. The van der Waals surface area contributed by atoms with E-state index in [2.05, 4.69) is 39.8 Å². The lowest BCUT2D eigenvalue weighted by Gasteiger charge is -2.43. The molecule has 0 bridgehead atoms. The zero-order valence-electron chi connectivity index (χ0n) is 27.5. The van der Waals surface area contributed by atoms with Crippen molar-refractivity contribution in [1.29, 1.82) is 0 Å². The Labute approximate surface area is 261 Å². The third kappa shape index (κ3) is 11.9. The third-order valence-electron chi connectivity index (χ3n) is 7.39. The highest BCUT2D eigenvalue weighted by molar-refractivity contribution is 5.68. The van der Waals surface area contributed by atoms with Crippen LogP contribution in [0.3, 0.4) is 0 Å². The molecule has 0 saturated carbocycles. The van der Waals surface area contributed by atoms with Crippen LogP contribution in [0, 0.1) is 5.41 Å². The van der Waals surface area contributed by atoms with E-state index in [0.29, 0.717) is 0 Å². The van der Waals surface area contributed by atoms with Gasteiger partial charge in [0.15, 0.2) is 24.6 Å². The number of allylic oxidation sites excluding steroid dienone is 9. The first kappa shape index (κ1) is 36.7. The van der Waals surface area contributed by atoms with E-state index in [1.807, 2.05) is 31.2 Å². The minimum absolute atomic E-state index is 0.0506. The molecule has 0 unspecified atom stereocenters. The standard InChI is InChI=1S/C34H48O10/c1-21(15-16-28-23(3)14-11-18-34(28,8)9)12-10-13-22(2)17-19-39-33-32(43-27(7)38)31(42-26(6)37)30(41-25(5)36)29(44-33)20-40-24(4)35/h10,12-13,15-17,29-33H,11,14,18-20H2,1-9H3/b13-10+,16-15+,21-12+,22-17+/t29-,30-,31+,32-,33-/m1/s1. The van der Waals surface area contributed by atoms with Crippen LogP contribution in [0.15, 0.2) is 58.7 Å².